The van der Waals surface area contributed by atoms with Crippen LogP contribution >= 0.6 is 0 Å². The third-order valence-electron chi connectivity index (χ3n) is 3.55. The molecule has 1 aromatic heterocycles. The molecule has 0 bridgehead atoms. The number of nitrogens with zero attached hydrogens (tertiary/aromatic N) is 3. The minimum absolute atomic E-state index is 0.0558. The number of carbonyl (C=O) groups is 1. The first-order valence-electron chi connectivity index (χ1n) is 7.88. The molecule has 0 radical (unpaired) electrons. The number of aromatic nitrogens is 1. The number of rotatable bonds is 6. The van der Waals surface area contributed by atoms with E-state index in [0.717, 1.165) is 0 Å². The zero-order valence-corrected chi connectivity index (χ0v) is 15.0. The van der Waals surface area contributed by atoms with Gasteiger partial charge in [-0.2, -0.15) is 5.11 Å². The molecule has 0 aliphatic rings. The van der Waals surface area contributed by atoms with Gasteiger partial charge in [-0.15, -0.1) is 5.11 Å². The molecule has 0 fully saturated rings. The molecule has 0 aliphatic heterocycles. The molecule has 142 valence electrons. The molecule has 0 spiro atoms. The van der Waals surface area contributed by atoms with Crippen molar-refractivity contribution >= 4 is 33.2 Å². The predicted octanol–water partition coefficient (Wildman–Crippen LogP) is 3.70. The Labute approximate surface area is 160 Å². The lowest BCUT2D eigenvalue weighted by Crippen LogP contribution is -2.13. The fourth-order valence-electron chi connectivity index (χ4n) is 2.23. The van der Waals surface area contributed by atoms with Gasteiger partial charge in [-0.1, -0.05) is 18.2 Å². The van der Waals surface area contributed by atoms with E-state index in [-0.39, 0.29) is 27.7 Å². The van der Waals surface area contributed by atoms with Crippen LogP contribution in [0.2, 0.25) is 0 Å². The highest BCUT2D eigenvalue weighted by Crippen LogP contribution is 2.31. The van der Waals surface area contributed by atoms with Gasteiger partial charge in [0.1, 0.15) is 17.1 Å². The summed E-state index contributed by atoms with van der Waals surface area (Å²) in [5.74, 6) is -1.66. The summed E-state index contributed by atoms with van der Waals surface area (Å²) >= 11 is 0. The van der Waals surface area contributed by atoms with Gasteiger partial charge in [0.15, 0.2) is 5.75 Å². The SMILES string of the molecule is O=C(O)c1cccc(N=Nc2cccc(S(=O)(=O)Nc3ccccn3)c2)c1O. The first kappa shape index (κ1) is 19.0. The van der Waals surface area contributed by atoms with Crippen LogP contribution in [-0.2, 0) is 10.0 Å². The third kappa shape index (κ3) is 4.30. The number of benzene rings is 2. The Morgan fingerprint density at radius 3 is 2.50 bits per heavy atom. The summed E-state index contributed by atoms with van der Waals surface area (Å²) in [6.07, 6.45) is 1.46. The van der Waals surface area contributed by atoms with Crippen LogP contribution in [0.3, 0.4) is 0 Å². The molecular formula is C18H14N4O5S. The van der Waals surface area contributed by atoms with Crippen LogP contribution in [0.5, 0.6) is 5.75 Å². The molecule has 9 nitrogen and oxygen atoms in total. The number of azo groups is 1. The van der Waals surface area contributed by atoms with E-state index >= 15 is 0 Å². The first-order chi connectivity index (χ1) is 13.4. The second-order valence-corrected chi connectivity index (χ2v) is 7.18. The minimum Gasteiger partial charge on any atom is -0.505 e. The van der Waals surface area contributed by atoms with Crippen molar-refractivity contribution in [3.63, 3.8) is 0 Å². The third-order valence-corrected chi connectivity index (χ3v) is 4.90. The molecule has 0 saturated heterocycles. The maximum Gasteiger partial charge on any atom is 0.339 e. The van der Waals surface area contributed by atoms with E-state index in [1.807, 2.05) is 0 Å². The van der Waals surface area contributed by atoms with Gasteiger partial charge in [0.25, 0.3) is 10.0 Å². The summed E-state index contributed by atoms with van der Waals surface area (Å²) in [6.45, 7) is 0. The van der Waals surface area contributed by atoms with E-state index in [2.05, 4.69) is 19.9 Å². The fraction of sp³-hybridized carbons (Fsp3) is 0. The van der Waals surface area contributed by atoms with Gasteiger partial charge in [-0.3, -0.25) is 4.72 Å². The molecule has 2 aromatic carbocycles. The van der Waals surface area contributed by atoms with E-state index in [4.69, 9.17) is 5.11 Å². The summed E-state index contributed by atoms with van der Waals surface area (Å²) in [7, 11) is -3.89. The van der Waals surface area contributed by atoms with E-state index in [1.165, 1.54) is 54.7 Å². The number of para-hydroxylation sites is 1. The van der Waals surface area contributed by atoms with Crippen LogP contribution in [-0.4, -0.2) is 29.6 Å². The molecule has 28 heavy (non-hydrogen) atoms. The smallest absolute Gasteiger partial charge is 0.339 e. The van der Waals surface area contributed by atoms with Crippen LogP contribution in [0.4, 0.5) is 17.2 Å². The van der Waals surface area contributed by atoms with Crippen LogP contribution in [0.15, 0.2) is 82.0 Å². The normalized spacial score (nSPS) is 11.4. The molecule has 3 N–H and O–H groups in total. The molecular weight excluding hydrogens is 384 g/mol. The molecule has 1 heterocycles. The largest absolute Gasteiger partial charge is 0.505 e. The molecule has 3 aromatic rings. The Balaban J connectivity index is 1.87. The molecule has 0 amide bonds. The number of anilines is 1. The summed E-state index contributed by atoms with van der Waals surface area (Å²) in [4.78, 5) is 14.9. The Bertz CT molecular complexity index is 1150. The lowest BCUT2D eigenvalue weighted by molar-refractivity contribution is 0.0694. The Morgan fingerprint density at radius 1 is 1.00 bits per heavy atom. The lowest BCUT2D eigenvalue weighted by Gasteiger charge is -2.07. The van der Waals surface area contributed by atoms with Crippen LogP contribution < -0.4 is 4.72 Å². The molecule has 0 saturated carbocycles. The molecule has 10 heteroatoms. The maximum absolute atomic E-state index is 12.5. The maximum atomic E-state index is 12.5. The number of aromatic carboxylic acids is 1. The van der Waals surface area contributed by atoms with Crippen LogP contribution in [0.25, 0.3) is 0 Å². The monoisotopic (exact) mass is 398 g/mol. The number of carboxylic acid groups (broad SMARTS) is 1. The molecule has 0 atom stereocenters. The standard InChI is InChI=1S/C18H14N4O5S/c23-17-14(18(24)25)7-4-8-15(17)21-20-12-5-3-6-13(11-12)28(26,27)22-16-9-1-2-10-19-16/h1-11,23H,(H,19,22)(H,24,25). The highest BCUT2D eigenvalue weighted by atomic mass is 32.2. The van der Waals surface area contributed by atoms with Gasteiger partial charge >= 0.3 is 5.97 Å². The number of aromatic hydroxyl groups is 1. The zero-order valence-electron chi connectivity index (χ0n) is 14.2. The van der Waals surface area contributed by atoms with E-state index < -0.39 is 21.7 Å². The zero-order chi connectivity index (χ0) is 20.1. The van der Waals surface area contributed by atoms with Crippen molar-refractivity contribution in [2.75, 3.05) is 4.72 Å². The van der Waals surface area contributed by atoms with Crippen molar-refractivity contribution in [2.24, 2.45) is 10.2 Å². The van der Waals surface area contributed by atoms with Crippen LogP contribution in [0.1, 0.15) is 10.4 Å². The molecule has 0 aliphatic carbocycles. The highest BCUT2D eigenvalue weighted by molar-refractivity contribution is 7.92. The first-order valence-corrected chi connectivity index (χ1v) is 9.36. The second kappa shape index (κ2) is 7.84. The van der Waals surface area contributed by atoms with Crippen molar-refractivity contribution < 1.29 is 23.4 Å². The average Bonchev–Trinajstić information content (AvgIpc) is 2.67. The van der Waals surface area contributed by atoms with E-state index in [1.54, 1.807) is 12.1 Å². The topological polar surface area (TPSA) is 141 Å². The minimum atomic E-state index is -3.89. The van der Waals surface area contributed by atoms with Gasteiger partial charge in [0.2, 0.25) is 0 Å². The van der Waals surface area contributed by atoms with E-state index in [9.17, 15) is 18.3 Å². The number of hydrogen-bond donors (Lipinski definition) is 3. The van der Waals surface area contributed by atoms with Crippen molar-refractivity contribution in [1.29, 1.82) is 0 Å². The summed E-state index contributed by atoms with van der Waals surface area (Å²) in [5, 5.41) is 26.6. The second-order valence-electron chi connectivity index (χ2n) is 5.50. The Morgan fingerprint density at radius 2 is 1.79 bits per heavy atom. The number of carboxylic acids is 1. The van der Waals surface area contributed by atoms with Crippen molar-refractivity contribution in [2.45, 2.75) is 4.90 Å². The number of nitrogens with one attached hydrogen (secondary N) is 1. The van der Waals surface area contributed by atoms with Gasteiger partial charge < -0.3 is 10.2 Å². The fourth-order valence-corrected chi connectivity index (χ4v) is 3.28. The van der Waals surface area contributed by atoms with Gasteiger partial charge in [-0.05, 0) is 42.5 Å². The summed E-state index contributed by atoms with van der Waals surface area (Å²) in [6, 6.07) is 14.5. The number of phenols is 1. The van der Waals surface area contributed by atoms with E-state index in [0.29, 0.717) is 0 Å². The van der Waals surface area contributed by atoms with Crippen LogP contribution in [0, 0.1) is 0 Å². The van der Waals surface area contributed by atoms with Gasteiger partial charge in [0.05, 0.1) is 10.6 Å². The molecule has 3 rings (SSSR count). The Kier molecular flexibility index (Phi) is 5.32. The van der Waals surface area contributed by atoms with Gasteiger partial charge in [0, 0.05) is 6.20 Å². The molecule has 0 unspecified atom stereocenters. The average molecular weight is 398 g/mol. The van der Waals surface area contributed by atoms with Crippen molar-refractivity contribution in [3.8, 4) is 5.75 Å². The highest BCUT2D eigenvalue weighted by Gasteiger charge is 2.16. The Hall–Kier alpha value is -3.79. The number of hydrogen-bond acceptors (Lipinski definition) is 7. The lowest BCUT2D eigenvalue weighted by atomic mass is 10.2. The van der Waals surface area contributed by atoms with Crippen molar-refractivity contribution in [3.05, 3.63) is 72.4 Å². The van der Waals surface area contributed by atoms with Gasteiger partial charge in [-0.25, -0.2) is 18.2 Å². The summed E-state index contributed by atoms with van der Waals surface area (Å²) in [5.41, 5.74) is -0.170. The number of pyridine rings is 1. The summed E-state index contributed by atoms with van der Waals surface area (Å²) < 4.78 is 27.3. The predicted molar refractivity (Wildman–Crippen MR) is 101 cm³/mol. The number of sulfonamides is 1. The quantitative estimate of drug-likeness (QED) is 0.541. The van der Waals surface area contributed by atoms with Crippen molar-refractivity contribution in [1.82, 2.24) is 4.98 Å².